The summed E-state index contributed by atoms with van der Waals surface area (Å²) >= 11 is 0. The number of likely N-dealkylation sites (N-methyl/N-ethyl adjacent to an activating group) is 1. The van der Waals surface area contributed by atoms with Crippen LogP contribution >= 0.6 is 0 Å². The van der Waals surface area contributed by atoms with E-state index >= 15 is 0 Å². The van der Waals surface area contributed by atoms with Crippen LogP contribution in [0.15, 0.2) is 18.5 Å². The summed E-state index contributed by atoms with van der Waals surface area (Å²) in [4.78, 5) is 18.7. The van der Waals surface area contributed by atoms with Gasteiger partial charge < -0.3 is 15.5 Å². The van der Waals surface area contributed by atoms with E-state index in [-0.39, 0.29) is 11.9 Å². The highest BCUT2D eigenvalue weighted by molar-refractivity contribution is 5.99. The normalized spacial score (nSPS) is 12.2. The first kappa shape index (κ1) is 17.4. The van der Waals surface area contributed by atoms with Crippen molar-refractivity contribution in [1.29, 1.82) is 0 Å². The van der Waals surface area contributed by atoms with E-state index in [2.05, 4.69) is 41.3 Å². The predicted molar refractivity (Wildman–Crippen MR) is 87.7 cm³/mol. The van der Waals surface area contributed by atoms with Gasteiger partial charge in [-0.2, -0.15) is 0 Å². The molecular formula is C16H28N4O. The molecule has 0 bridgehead atoms. The van der Waals surface area contributed by atoms with Gasteiger partial charge in [-0.15, -0.1) is 0 Å². The second-order valence-corrected chi connectivity index (χ2v) is 5.21. The number of anilines is 1. The van der Waals surface area contributed by atoms with Crippen molar-refractivity contribution in [2.24, 2.45) is 0 Å². The minimum atomic E-state index is -0.0682. The van der Waals surface area contributed by atoms with Gasteiger partial charge in [-0.3, -0.25) is 9.78 Å². The van der Waals surface area contributed by atoms with Gasteiger partial charge in [-0.1, -0.05) is 20.8 Å². The molecule has 0 radical (unpaired) electrons. The number of nitrogens with zero attached hydrogens (tertiary/aromatic N) is 2. The Morgan fingerprint density at radius 1 is 1.33 bits per heavy atom. The zero-order chi connectivity index (χ0) is 15.7. The van der Waals surface area contributed by atoms with Crippen LogP contribution in [0, 0.1) is 0 Å². The summed E-state index contributed by atoms with van der Waals surface area (Å²) in [5.74, 6) is -0.0682. The third-order valence-electron chi connectivity index (χ3n) is 3.44. The average Bonchev–Trinajstić information content (AvgIpc) is 2.50. The maximum absolute atomic E-state index is 12.4. The fourth-order valence-corrected chi connectivity index (χ4v) is 2.21. The number of carbonyl (C=O) groups excluding carboxylic acids is 1. The fraction of sp³-hybridized carbons (Fsp3) is 0.625. The number of pyridine rings is 1. The van der Waals surface area contributed by atoms with Crippen LogP contribution < -0.4 is 10.6 Å². The lowest BCUT2D eigenvalue weighted by atomic mass is 10.2. The second-order valence-electron chi connectivity index (χ2n) is 5.21. The quantitative estimate of drug-likeness (QED) is 0.733. The lowest BCUT2D eigenvalue weighted by Crippen LogP contribution is -2.42. The number of rotatable bonds is 9. The monoisotopic (exact) mass is 292 g/mol. The number of amides is 1. The Labute approximate surface area is 128 Å². The van der Waals surface area contributed by atoms with Gasteiger partial charge in [0, 0.05) is 31.5 Å². The van der Waals surface area contributed by atoms with Gasteiger partial charge in [-0.05, 0) is 32.5 Å². The third-order valence-corrected chi connectivity index (χ3v) is 3.44. The Bertz CT molecular complexity index is 432. The fourth-order valence-electron chi connectivity index (χ4n) is 2.21. The van der Waals surface area contributed by atoms with Crippen molar-refractivity contribution >= 4 is 11.6 Å². The van der Waals surface area contributed by atoms with E-state index in [0.717, 1.165) is 38.3 Å². The van der Waals surface area contributed by atoms with Crippen LogP contribution in [-0.4, -0.2) is 48.0 Å². The molecule has 0 aliphatic rings. The molecule has 1 atom stereocenters. The first-order valence-corrected chi connectivity index (χ1v) is 7.83. The predicted octanol–water partition coefficient (Wildman–Crippen LogP) is 2.36. The van der Waals surface area contributed by atoms with Crippen molar-refractivity contribution in [2.75, 3.05) is 31.5 Å². The molecule has 1 aromatic rings. The molecule has 0 aromatic carbocycles. The summed E-state index contributed by atoms with van der Waals surface area (Å²) in [7, 11) is 0. The van der Waals surface area contributed by atoms with Crippen molar-refractivity contribution < 1.29 is 4.79 Å². The van der Waals surface area contributed by atoms with E-state index in [1.165, 1.54) is 0 Å². The van der Waals surface area contributed by atoms with Crippen molar-refractivity contribution in [1.82, 2.24) is 15.2 Å². The largest absolute Gasteiger partial charge is 0.384 e. The maximum Gasteiger partial charge on any atom is 0.255 e. The molecular weight excluding hydrogens is 264 g/mol. The molecule has 0 aliphatic heterocycles. The Morgan fingerprint density at radius 3 is 2.67 bits per heavy atom. The van der Waals surface area contributed by atoms with E-state index in [0.29, 0.717) is 5.56 Å². The lowest BCUT2D eigenvalue weighted by Gasteiger charge is -2.23. The van der Waals surface area contributed by atoms with Crippen LogP contribution in [0.2, 0.25) is 0 Å². The van der Waals surface area contributed by atoms with Crippen molar-refractivity contribution in [3.8, 4) is 0 Å². The van der Waals surface area contributed by atoms with Crippen LogP contribution in [0.4, 0.5) is 5.69 Å². The molecule has 1 unspecified atom stereocenters. The van der Waals surface area contributed by atoms with Crippen LogP contribution in [-0.2, 0) is 0 Å². The minimum absolute atomic E-state index is 0.0682. The molecule has 1 heterocycles. The van der Waals surface area contributed by atoms with Gasteiger partial charge in [0.2, 0.25) is 0 Å². The Morgan fingerprint density at radius 2 is 2.05 bits per heavy atom. The Kier molecular flexibility index (Phi) is 7.75. The van der Waals surface area contributed by atoms with Crippen LogP contribution in [0.25, 0.3) is 0 Å². The molecule has 5 heteroatoms. The van der Waals surface area contributed by atoms with Gasteiger partial charge in [0.05, 0.1) is 11.3 Å². The molecule has 1 rings (SSSR count). The molecule has 5 nitrogen and oxygen atoms in total. The van der Waals surface area contributed by atoms with E-state index in [1.807, 2.05) is 13.0 Å². The topological polar surface area (TPSA) is 57.3 Å². The molecule has 0 aliphatic carbocycles. The molecule has 1 aromatic heterocycles. The van der Waals surface area contributed by atoms with Gasteiger partial charge in [0.25, 0.3) is 5.91 Å². The third kappa shape index (κ3) is 5.71. The smallest absolute Gasteiger partial charge is 0.255 e. The number of hydrogen-bond acceptors (Lipinski definition) is 4. The summed E-state index contributed by atoms with van der Waals surface area (Å²) in [6.07, 6.45) is 4.34. The standard InChI is InChI=1S/C16H28N4O/c1-5-9-18-15-8-10-17-11-14(15)16(21)19-13(4)12-20(6-2)7-3/h8,10-11,13H,5-7,9,12H2,1-4H3,(H,17,18)(H,19,21). The van der Waals surface area contributed by atoms with Crippen LogP contribution in [0.1, 0.15) is 44.5 Å². The highest BCUT2D eigenvalue weighted by Gasteiger charge is 2.15. The van der Waals surface area contributed by atoms with Crippen molar-refractivity contribution in [3.05, 3.63) is 24.0 Å². The summed E-state index contributed by atoms with van der Waals surface area (Å²) in [5.41, 5.74) is 1.46. The molecule has 118 valence electrons. The molecule has 21 heavy (non-hydrogen) atoms. The van der Waals surface area contributed by atoms with E-state index in [4.69, 9.17) is 0 Å². The van der Waals surface area contributed by atoms with Gasteiger partial charge in [0.1, 0.15) is 0 Å². The summed E-state index contributed by atoms with van der Waals surface area (Å²) < 4.78 is 0. The van der Waals surface area contributed by atoms with Crippen LogP contribution in [0.5, 0.6) is 0 Å². The van der Waals surface area contributed by atoms with Gasteiger partial charge in [0.15, 0.2) is 0 Å². The molecule has 0 fully saturated rings. The zero-order valence-electron chi connectivity index (χ0n) is 13.6. The zero-order valence-corrected chi connectivity index (χ0v) is 13.6. The molecule has 2 N–H and O–H groups in total. The van der Waals surface area contributed by atoms with Gasteiger partial charge >= 0.3 is 0 Å². The van der Waals surface area contributed by atoms with Gasteiger partial charge in [-0.25, -0.2) is 0 Å². The first-order chi connectivity index (χ1) is 10.1. The summed E-state index contributed by atoms with van der Waals surface area (Å²) in [6.45, 7) is 12.1. The number of hydrogen-bond donors (Lipinski definition) is 2. The molecule has 0 spiro atoms. The van der Waals surface area contributed by atoms with E-state index < -0.39 is 0 Å². The molecule has 0 saturated heterocycles. The van der Waals surface area contributed by atoms with Crippen LogP contribution in [0.3, 0.4) is 0 Å². The van der Waals surface area contributed by atoms with Crippen molar-refractivity contribution in [3.63, 3.8) is 0 Å². The molecule has 1 amide bonds. The highest BCUT2D eigenvalue weighted by atomic mass is 16.1. The number of carbonyl (C=O) groups is 1. The lowest BCUT2D eigenvalue weighted by molar-refractivity contribution is 0.0930. The Hall–Kier alpha value is -1.62. The summed E-state index contributed by atoms with van der Waals surface area (Å²) in [5, 5.41) is 6.32. The maximum atomic E-state index is 12.4. The Balaban J connectivity index is 2.66. The molecule has 0 saturated carbocycles. The average molecular weight is 292 g/mol. The minimum Gasteiger partial charge on any atom is -0.384 e. The highest BCUT2D eigenvalue weighted by Crippen LogP contribution is 2.13. The van der Waals surface area contributed by atoms with E-state index in [1.54, 1.807) is 12.4 Å². The first-order valence-electron chi connectivity index (χ1n) is 7.83. The van der Waals surface area contributed by atoms with Crippen molar-refractivity contribution in [2.45, 2.75) is 40.2 Å². The SMILES string of the molecule is CCCNc1ccncc1C(=O)NC(C)CN(CC)CC. The number of nitrogens with one attached hydrogen (secondary N) is 2. The summed E-state index contributed by atoms with van der Waals surface area (Å²) in [6, 6.07) is 1.95. The van der Waals surface area contributed by atoms with E-state index in [9.17, 15) is 4.79 Å². The number of aromatic nitrogens is 1. The second kappa shape index (κ2) is 9.34.